The molecule has 1 aliphatic carbocycles. The molecule has 1 saturated carbocycles. The van der Waals surface area contributed by atoms with Crippen molar-refractivity contribution in [3.63, 3.8) is 0 Å². The molecule has 2 aromatic carbocycles. The maximum absolute atomic E-state index is 12.1. The number of carbonyl (C=O) groups is 2. The van der Waals surface area contributed by atoms with E-state index in [9.17, 15) is 19.7 Å². The van der Waals surface area contributed by atoms with Crippen LogP contribution in [0.4, 0.5) is 5.69 Å². The zero-order valence-corrected chi connectivity index (χ0v) is 13.8. The Morgan fingerprint density at radius 2 is 1.73 bits per heavy atom. The van der Waals surface area contributed by atoms with Crippen molar-refractivity contribution in [2.24, 2.45) is 5.92 Å². The lowest BCUT2D eigenvalue weighted by Gasteiger charge is -2.05. The van der Waals surface area contributed by atoms with Crippen molar-refractivity contribution < 1.29 is 14.5 Å². The Balaban J connectivity index is 1.45. The molecule has 0 aromatic heterocycles. The lowest BCUT2D eigenvalue weighted by Crippen LogP contribution is -2.41. The fourth-order valence-electron chi connectivity index (χ4n) is 2.69. The summed E-state index contributed by atoms with van der Waals surface area (Å²) in [6.45, 7) is 0. The smallest absolute Gasteiger partial charge is 0.269 e. The molecular weight excluding hydrogens is 334 g/mol. The van der Waals surface area contributed by atoms with Crippen LogP contribution in [0.3, 0.4) is 0 Å². The Morgan fingerprint density at radius 3 is 2.38 bits per heavy atom. The number of non-ortho nitro benzene ring substituents is 1. The molecule has 0 bridgehead atoms. The second kappa shape index (κ2) is 7.60. The summed E-state index contributed by atoms with van der Waals surface area (Å²) in [6, 6.07) is 15.6. The number of hydrogen-bond acceptors (Lipinski definition) is 4. The van der Waals surface area contributed by atoms with Crippen molar-refractivity contribution in [3.05, 3.63) is 81.9 Å². The molecule has 0 spiro atoms. The van der Waals surface area contributed by atoms with E-state index in [0.29, 0.717) is 5.56 Å². The predicted molar refractivity (Wildman–Crippen MR) is 95.7 cm³/mol. The van der Waals surface area contributed by atoms with Crippen LogP contribution >= 0.6 is 0 Å². The zero-order valence-electron chi connectivity index (χ0n) is 13.8. The Morgan fingerprint density at radius 1 is 1.04 bits per heavy atom. The highest BCUT2D eigenvalue weighted by atomic mass is 16.6. The molecule has 2 aromatic rings. The highest BCUT2D eigenvalue weighted by Crippen LogP contribution is 2.47. The van der Waals surface area contributed by atoms with Gasteiger partial charge in [-0.15, -0.1) is 0 Å². The van der Waals surface area contributed by atoms with Crippen LogP contribution in [0.15, 0.2) is 60.7 Å². The number of carbonyl (C=O) groups excluding carboxylic acids is 2. The second-order valence-electron chi connectivity index (χ2n) is 6.02. The molecule has 7 nitrogen and oxygen atoms in total. The highest BCUT2D eigenvalue weighted by molar-refractivity contribution is 5.93. The minimum Gasteiger partial charge on any atom is -0.273 e. The third-order valence-electron chi connectivity index (χ3n) is 4.19. The van der Waals surface area contributed by atoms with Gasteiger partial charge in [0.15, 0.2) is 0 Å². The van der Waals surface area contributed by atoms with Gasteiger partial charge in [0, 0.05) is 24.1 Å². The largest absolute Gasteiger partial charge is 0.273 e. The molecule has 26 heavy (non-hydrogen) atoms. The molecule has 1 fully saturated rings. The number of hydrogen-bond donors (Lipinski definition) is 2. The van der Waals surface area contributed by atoms with Gasteiger partial charge in [-0.3, -0.25) is 30.6 Å². The van der Waals surface area contributed by atoms with Gasteiger partial charge in [-0.05, 0) is 41.7 Å². The van der Waals surface area contributed by atoms with Crippen molar-refractivity contribution in [2.45, 2.75) is 12.3 Å². The molecule has 132 valence electrons. The summed E-state index contributed by atoms with van der Waals surface area (Å²) in [5, 5.41) is 10.6. The maximum Gasteiger partial charge on any atom is 0.269 e. The number of rotatable bonds is 5. The minimum atomic E-state index is -0.490. The van der Waals surface area contributed by atoms with Gasteiger partial charge in [-0.1, -0.05) is 30.3 Å². The number of nitro groups is 1. The maximum atomic E-state index is 12.1. The van der Waals surface area contributed by atoms with Crippen LogP contribution in [-0.2, 0) is 9.59 Å². The van der Waals surface area contributed by atoms with Crippen LogP contribution in [0.1, 0.15) is 23.5 Å². The molecule has 2 unspecified atom stereocenters. The van der Waals surface area contributed by atoms with Gasteiger partial charge < -0.3 is 0 Å². The molecule has 7 heteroatoms. The van der Waals surface area contributed by atoms with Crippen LogP contribution in [0.5, 0.6) is 0 Å². The Bertz CT molecular complexity index is 847. The van der Waals surface area contributed by atoms with Crippen molar-refractivity contribution in [1.82, 2.24) is 10.9 Å². The van der Waals surface area contributed by atoms with E-state index in [1.165, 1.54) is 36.4 Å². The molecule has 2 atom stereocenters. The van der Waals surface area contributed by atoms with E-state index < -0.39 is 10.8 Å². The lowest BCUT2D eigenvalue weighted by atomic mass is 10.1. The van der Waals surface area contributed by atoms with Gasteiger partial charge in [-0.2, -0.15) is 0 Å². The molecule has 0 aliphatic heterocycles. The Hall–Kier alpha value is -3.48. The number of nitro benzene ring substituents is 1. The van der Waals surface area contributed by atoms with E-state index in [2.05, 4.69) is 10.9 Å². The lowest BCUT2D eigenvalue weighted by molar-refractivity contribution is -0.384. The summed E-state index contributed by atoms with van der Waals surface area (Å²) in [4.78, 5) is 33.9. The fraction of sp³-hybridized carbons (Fsp3) is 0.158. The van der Waals surface area contributed by atoms with E-state index in [0.717, 1.165) is 12.0 Å². The number of nitrogens with one attached hydrogen (secondary N) is 2. The first-order valence-electron chi connectivity index (χ1n) is 8.12. The highest BCUT2D eigenvalue weighted by Gasteiger charge is 2.43. The van der Waals surface area contributed by atoms with Crippen LogP contribution in [0.25, 0.3) is 6.08 Å². The van der Waals surface area contributed by atoms with Gasteiger partial charge in [0.05, 0.1) is 4.92 Å². The summed E-state index contributed by atoms with van der Waals surface area (Å²) >= 11 is 0. The van der Waals surface area contributed by atoms with Gasteiger partial charge in [0.25, 0.3) is 11.6 Å². The predicted octanol–water partition coefficient (Wildman–Crippen LogP) is 2.56. The monoisotopic (exact) mass is 351 g/mol. The van der Waals surface area contributed by atoms with Gasteiger partial charge in [-0.25, -0.2) is 0 Å². The van der Waals surface area contributed by atoms with E-state index in [1.54, 1.807) is 0 Å². The van der Waals surface area contributed by atoms with Crippen LogP contribution in [0, 0.1) is 16.0 Å². The number of amides is 2. The SMILES string of the molecule is O=C(/C=C/c1ccc([N+](=O)[O-])cc1)NNC(=O)C1CC1c1ccccc1. The summed E-state index contributed by atoms with van der Waals surface area (Å²) in [5.74, 6) is -0.621. The molecule has 0 radical (unpaired) electrons. The Kier molecular flexibility index (Phi) is 5.07. The molecule has 2 N–H and O–H groups in total. The van der Waals surface area contributed by atoms with Gasteiger partial charge >= 0.3 is 0 Å². The standard InChI is InChI=1S/C19H17N3O4/c23-18(11-8-13-6-9-15(10-7-13)22(25)26)20-21-19(24)17-12-16(17)14-4-2-1-3-5-14/h1-11,16-17H,12H2,(H,20,23)(H,21,24)/b11-8+. The van der Waals surface area contributed by atoms with E-state index in [4.69, 9.17) is 0 Å². The van der Waals surface area contributed by atoms with Crippen molar-refractivity contribution >= 4 is 23.6 Å². The zero-order chi connectivity index (χ0) is 18.5. The van der Waals surface area contributed by atoms with E-state index >= 15 is 0 Å². The summed E-state index contributed by atoms with van der Waals surface area (Å²) in [7, 11) is 0. The second-order valence-corrected chi connectivity index (χ2v) is 6.02. The van der Waals surface area contributed by atoms with E-state index in [1.807, 2.05) is 30.3 Å². The van der Waals surface area contributed by atoms with Crippen molar-refractivity contribution in [1.29, 1.82) is 0 Å². The average Bonchev–Trinajstić information content (AvgIpc) is 3.46. The van der Waals surface area contributed by atoms with Gasteiger partial charge in [0.1, 0.15) is 0 Å². The van der Waals surface area contributed by atoms with Gasteiger partial charge in [0.2, 0.25) is 5.91 Å². The number of benzene rings is 2. The first-order chi connectivity index (χ1) is 12.5. The summed E-state index contributed by atoms with van der Waals surface area (Å²) in [6.07, 6.45) is 3.53. The third-order valence-corrected chi connectivity index (χ3v) is 4.19. The van der Waals surface area contributed by atoms with Crippen LogP contribution < -0.4 is 10.9 Å². The first-order valence-corrected chi connectivity index (χ1v) is 8.12. The number of nitrogens with zero attached hydrogens (tertiary/aromatic N) is 1. The molecule has 1 aliphatic rings. The Labute approximate surface area is 149 Å². The molecular formula is C19H17N3O4. The molecule has 2 amide bonds. The molecule has 0 heterocycles. The quantitative estimate of drug-likeness (QED) is 0.491. The van der Waals surface area contributed by atoms with E-state index in [-0.39, 0.29) is 23.4 Å². The molecule has 3 rings (SSSR count). The summed E-state index contributed by atoms with van der Waals surface area (Å²) in [5.41, 5.74) is 6.51. The normalized spacial score (nSPS) is 18.3. The first kappa shape index (κ1) is 17.3. The summed E-state index contributed by atoms with van der Waals surface area (Å²) < 4.78 is 0. The fourth-order valence-corrected chi connectivity index (χ4v) is 2.69. The number of hydrazine groups is 1. The third kappa shape index (κ3) is 4.32. The minimum absolute atomic E-state index is 0.0173. The van der Waals surface area contributed by atoms with Crippen LogP contribution in [-0.4, -0.2) is 16.7 Å². The van der Waals surface area contributed by atoms with Crippen LogP contribution in [0.2, 0.25) is 0 Å². The average molecular weight is 351 g/mol. The van der Waals surface area contributed by atoms with Crippen molar-refractivity contribution in [2.75, 3.05) is 0 Å². The topological polar surface area (TPSA) is 101 Å². The van der Waals surface area contributed by atoms with Crippen molar-refractivity contribution in [3.8, 4) is 0 Å². The molecule has 0 saturated heterocycles.